The number of fused-ring (bicyclic) bond motifs is 1. The number of Topliss-reactive ketones (excluding diaryl/α,β-unsaturated/α-hetero) is 1. The van der Waals surface area contributed by atoms with Gasteiger partial charge in [0.25, 0.3) is 5.91 Å². The summed E-state index contributed by atoms with van der Waals surface area (Å²) in [4.78, 5) is 28.3. The first-order chi connectivity index (χ1) is 17.2. The van der Waals surface area contributed by atoms with Gasteiger partial charge in [0.1, 0.15) is 5.75 Å². The van der Waals surface area contributed by atoms with Gasteiger partial charge in [-0.1, -0.05) is 23.7 Å². The minimum Gasteiger partial charge on any atom is -0.503 e. The van der Waals surface area contributed by atoms with Crippen LogP contribution < -0.4 is 9.47 Å². The van der Waals surface area contributed by atoms with Crippen molar-refractivity contribution in [3.8, 4) is 11.5 Å². The number of halogens is 1. The van der Waals surface area contributed by atoms with E-state index in [2.05, 4.69) is 0 Å². The molecule has 8 nitrogen and oxygen atoms in total. The second-order valence-electron chi connectivity index (χ2n) is 8.68. The smallest absolute Gasteiger partial charge is 0.290 e. The number of carbonyl (C=O) groups excluding carboxylic acids is 2. The van der Waals surface area contributed by atoms with Crippen molar-refractivity contribution in [2.45, 2.75) is 32.4 Å². The van der Waals surface area contributed by atoms with E-state index in [1.165, 1.54) is 18.1 Å². The summed E-state index contributed by atoms with van der Waals surface area (Å²) in [6.07, 6.45) is 0.588. The van der Waals surface area contributed by atoms with Crippen molar-refractivity contribution in [3.63, 3.8) is 0 Å². The van der Waals surface area contributed by atoms with Crippen molar-refractivity contribution in [2.24, 2.45) is 0 Å². The number of aliphatic hydroxyl groups is 1. The fourth-order valence-corrected chi connectivity index (χ4v) is 4.50. The summed E-state index contributed by atoms with van der Waals surface area (Å²) in [6, 6.07) is 11.0. The van der Waals surface area contributed by atoms with Crippen LogP contribution in [0.3, 0.4) is 0 Å². The van der Waals surface area contributed by atoms with Gasteiger partial charge in [-0.15, -0.1) is 0 Å². The summed E-state index contributed by atoms with van der Waals surface area (Å²) in [5.74, 6) is -0.866. The van der Waals surface area contributed by atoms with Gasteiger partial charge >= 0.3 is 0 Å². The summed E-state index contributed by atoms with van der Waals surface area (Å²) in [5, 5.41) is 11.9. The molecule has 3 aromatic rings. The lowest BCUT2D eigenvalue weighted by Crippen LogP contribution is -2.32. The predicted octanol–water partition coefficient (Wildman–Crippen LogP) is 5.50. The van der Waals surface area contributed by atoms with Crippen LogP contribution in [-0.2, 0) is 9.53 Å². The molecule has 190 valence electrons. The Morgan fingerprint density at radius 3 is 2.50 bits per heavy atom. The Morgan fingerprint density at radius 1 is 1.14 bits per heavy atom. The lowest BCUT2D eigenvalue weighted by Gasteiger charge is -2.27. The number of furan rings is 1. The Balaban J connectivity index is 1.73. The van der Waals surface area contributed by atoms with E-state index in [4.69, 9.17) is 30.2 Å². The highest BCUT2D eigenvalue weighted by Gasteiger charge is 2.44. The fourth-order valence-electron chi connectivity index (χ4n) is 4.29. The van der Waals surface area contributed by atoms with Gasteiger partial charge in [-0.25, -0.2) is 0 Å². The molecule has 1 atom stereocenters. The maximum atomic E-state index is 13.7. The lowest BCUT2D eigenvalue weighted by atomic mass is 9.95. The zero-order valence-corrected chi connectivity index (χ0v) is 21.3. The molecule has 1 N–H and O–H groups in total. The van der Waals surface area contributed by atoms with Crippen molar-refractivity contribution in [2.75, 3.05) is 27.4 Å². The number of methoxy groups -OCH3 is 2. The number of benzene rings is 2. The molecule has 1 aromatic heterocycles. The number of amides is 1. The van der Waals surface area contributed by atoms with Crippen molar-refractivity contribution in [3.05, 3.63) is 70.1 Å². The number of ketones is 1. The second-order valence-corrected chi connectivity index (χ2v) is 9.11. The molecule has 0 radical (unpaired) electrons. The molecule has 2 heterocycles. The molecule has 1 unspecified atom stereocenters. The lowest BCUT2D eigenvalue weighted by molar-refractivity contribution is -0.129. The molecule has 4 rings (SSSR count). The SMILES string of the molecule is COc1ccc(C2C(C(=O)c3cc4cc(Cl)cc(OC)c4o3)=C(O)C(=O)N2CCCOC(C)C)cc1. The molecule has 36 heavy (non-hydrogen) atoms. The van der Waals surface area contributed by atoms with Crippen LogP contribution in [0.5, 0.6) is 11.5 Å². The molecule has 9 heteroatoms. The van der Waals surface area contributed by atoms with Crippen LogP contribution in [0.15, 0.2) is 58.2 Å². The first-order valence-corrected chi connectivity index (χ1v) is 11.9. The number of rotatable bonds is 10. The van der Waals surface area contributed by atoms with Crippen LogP contribution in [0.1, 0.15) is 42.4 Å². The monoisotopic (exact) mass is 513 g/mol. The van der Waals surface area contributed by atoms with Gasteiger partial charge in [0, 0.05) is 29.6 Å². The van der Waals surface area contributed by atoms with Crippen LogP contribution in [0.2, 0.25) is 5.02 Å². The molecule has 0 bridgehead atoms. The third-order valence-corrected chi connectivity index (χ3v) is 6.18. The van der Waals surface area contributed by atoms with Gasteiger partial charge in [-0.2, -0.15) is 0 Å². The van der Waals surface area contributed by atoms with Crippen molar-refractivity contribution in [1.82, 2.24) is 4.90 Å². The number of ether oxygens (including phenoxy) is 3. The normalized spacial score (nSPS) is 15.9. The van der Waals surface area contributed by atoms with Gasteiger partial charge < -0.3 is 28.6 Å². The Bertz CT molecular complexity index is 1310. The molecule has 0 saturated heterocycles. The second kappa shape index (κ2) is 10.6. The topological polar surface area (TPSA) is 98.4 Å². The van der Waals surface area contributed by atoms with Crippen LogP contribution in [-0.4, -0.2) is 55.2 Å². The van der Waals surface area contributed by atoms with Crippen molar-refractivity contribution >= 4 is 34.3 Å². The van der Waals surface area contributed by atoms with Gasteiger partial charge in [0.2, 0.25) is 5.78 Å². The Labute approximate surface area is 214 Å². The number of nitrogens with zero attached hydrogens (tertiary/aromatic N) is 1. The third-order valence-electron chi connectivity index (χ3n) is 5.97. The predicted molar refractivity (Wildman–Crippen MR) is 135 cm³/mol. The van der Waals surface area contributed by atoms with E-state index in [0.29, 0.717) is 46.1 Å². The zero-order valence-electron chi connectivity index (χ0n) is 20.5. The van der Waals surface area contributed by atoms with Crippen LogP contribution in [0.25, 0.3) is 11.0 Å². The highest BCUT2D eigenvalue weighted by atomic mass is 35.5. The molecule has 1 aliphatic heterocycles. The average molecular weight is 514 g/mol. The van der Waals surface area contributed by atoms with Crippen molar-refractivity contribution in [1.29, 1.82) is 0 Å². The molecular formula is C27H28ClNO7. The number of carbonyl (C=O) groups is 2. The Morgan fingerprint density at radius 2 is 1.86 bits per heavy atom. The van der Waals surface area contributed by atoms with E-state index in [9.17, 15) is 14.7 Å². The molecule has 1 amide bonds. The zero-order chi connectivity index (χ0) is 26.0. The molecule has 0 spiro atoms. The summed E-state index contributed by atoms with van der Waals surface area (Å²) < 4.78 is 22.0. The van der Waals surface area contributed by atoms with E-state index in [-0.39, 0.29) is 24.0 Å². The van der Waals surface area contributed by atoms with E-state index < -0.39 is 23.5 Å². The van der Waals surface area contributed by atoms with Gasteiger partial charge in [-0.3, -0.25) is 9.59 Å². The molecule has 1 aliphatic rings. The first kappa shape index (κ1) is 25.6. The van der Waals surface area contributed by atoms with Crippen molar-refractivity contribution < 1.29 is 33.3 Å². The number of hydrogen-bond acceptors (Lipinski definition) is 7. The maximum absolute atomic E-state index is 13.7. The number of aliphatic hydroxyl groups excluding tert-OH is 1. The highest BCUT2D eigenvalue weighted by molar-refractivity contribution is 6.31. The fraction of sp³-hybridized carbons (Fsp3) is 0.333. The Hall–Kier alpha value is -3.49. The third kappa shape index (κ3) is 4.92. The van der Waals surface area contributed by atoms with Crippen LogP contribution in [0.4, 0.5) is 0 Å². The highest BCUT2D eigenvalue weighted by Crippen LogP contribution is 2.41. The molecule has 2 aromatic carbocycles. The molecule has 0 saturated carbocycles. The Kier molecular flexibility index (Phi) is 7.56. The largest absolute Gasteiger partial charge is 0.503 e. The van der Waals surface area contributed by atoms with E-state index in [0.717, 1.165) is 0 Å². The standard InChI is InChI=1S/C27H28ClNO7/c1-15(2)35-11-5-10-29-23(16-6-8-19(33-3)9-7-16)22(25(31)27(29)32)24(30)20-13-17-12-18(28)14-21(34-4)26(17)36-20/h6-9,12-15,23,31H,5,10-11H2,1-4H3. The van der Waals surface area contributed by atoms with E-state index in [1.54, 1.807) is 43.5 Å². The summed E-state index contributed by atoms with van der Waals surface area (Å²) in [5.41, 5.74) is 0.940. The quantitative estimate of drug-likeness (QED) is 0.282. The first-order valence-electron chi connectivity index (χ1n) is 11.6. The summed E-state index contributed by atoms with van der Waals surface area (Å²) in [7, 11) is 3.03. The average Bonchev–Trinajstić information content (AvgIpc) is 3.40. The summed E-state index contributed by atoms with van der Waals surface area (Å²) >= 11 is 6.16. The minimum absolute atomic E-state index is 0.0385. The van der Waals surface area contributed by atoms with E-state index in [1.807, 2.05) is 13.8 Å². The van der Waals surface area contributed by atoms with E-state index >= 15 is 0 Å². The number of hydrogen-bond donors (Lipinski definition) is 1. The molecule has 0 aliphatic carbocycles. The minimum atomic E-state index is -0.811. The van der Waals surface area contributed by atoms with Gasteiger partial charge in [-0.05, 0) is 50.1 Å². The summed E-state index contributed by atoms with van der Waals surface area (Å²) in [6.45, 7) is 4.58. The van der Waals surface area contributed by atoms with Gasteiger partial charge in [0.15, 0.2) is 22.9 Å². The van der Waals surface area contributed by atoms with Crippen LogP contribution >= 0.6 is 11.6 Å². The molecular weight excluding hydrogens is 486 g/mol. The molecule has 0 fully saturated rings. The van der Waals surface area contributed by atoms with Crippen LogP contribution in [0, 0.1) is 0 Å². The maximum Gasteiger partial charge on any atom is 0.290 e. The van der Waals surface area contributed by atoms with Gasteiger partial charge in [0.05, 0.1) is 31.9 Å².